The Morgan fingerprint density at radius 1 is 1.05 bits per heavy atom. The van der Waals surface area contributed by atoms with Gasteiger partial charge in [0.05, 0.1) is 23.5 Å². The first-order valence-corrected chi connectivity index (χ1v) is 7.49. The number of aromatic nitrogens is 2. The Kier molecular flexibility index (Phi) is 4.02. The van der Waals surface area contributed by atoms with E-state index in [1.165, 1.54) is 10.8 Å². The van der Waals surface area contributed by atoms with Crippen molar-refractivity contribution >= 4 is 33.9 Å². The molecule has 0 radical (unpaired) electrons. The summed E-state index contributed by atoms with van der Waals surface area (Å²) in [6, 6.07) is 14.7. The summed E-state index contributed by atoms with van der Waals surface area (Å²) in [5.74, 6) is 1.19. The lowest BCUT2D eigenvalue weighted by Crippen LogP contribution is -2.18. The monoisotopic (exact) mass is 297 g/mol. The van der Waals surface area contributed by atoms with Crippen LogP contribution in [0.15, 0.2) is 54.9 Å². The molecular weight excluding hydrogens is 282 g/mol. The predicted octanol–water partition coefficient (Wildman–Crippen LogP) is 4.53. The summed E-state index contributed by atoms with van der Waals surface area (Å²) in [6.45, 7) is 2.92. The number of alkyl halides is 1. The quantitative estimate of drug-likeness (QED) is 0.663. The minimum absolute atomic E-state index is 0.369. The maximum absolute atomic E-state index is 5.87. The van der Waals surface area contributed by atoms with E-state index < -0.39 is 0 Å². The summed E-state index contributed by atoms with van der Waals surface area (Å²) >= 11 is 5.87. The second-order valence-electron chi connectivity index (χ2n) is 4.74. The van der Waals surface area contributed by atoms with E-state index in [0.717, 1.165) is 23.7 Å². The number of hydrogen-bond donors (Lipinski definition) is 0. The van der Waals surface area contributed by atoms with Crippen LogP contribution in [0.2, 0.25) is 0 Å². The van der Waals surface area contributed by atoms with Gasteiger partial charge >= 0.3 is 0 Å². The highest BCUT2D eigenvalue weighted by Crippen LogP contribution is 2.30. The van der Waals surface area contributed by atoms with E-state index in [9.17, 15) is 0 Å². The van der Waals surface area contributed by atoms with Gasteiger partial charge in [0.25, 0.3) is 0 Å². The molecule has 3 rings (SSSR count). The summed E-state index contributed by atoms with van der Waals surface area (Å²) in [5.41, 5.74) is 1.92. The Morgan fingerprint density at radius 3 is 2.67 bits per heavy atom. The van der Waals surface area contributed by atoms with Gasteiger partial charge in [-0.15, -0.1) is 11.6 Å². The average molecular weight is 298 g/mol. The molecule has 0 aliphatic rings. The van der Waals surface area contributed by atoms with Crippen molar-refractivity contribution in [2.75, 3.05) is 11.4 Å². The van der Waals surface area contributed by atoms with Crippen LogP contribution in [0.1, 0.15) is 12.6 Å². The zero-order valence-electron chi connectivity index (χ0n) is 11.8. The molecular formula is C17H16ClN3. The molecule has 0 atom stereocenters. The SMILES string of the molecule is CCN(c1cncc(CCl)n1)c1cccc2ccccc12. The Balaban J connectivity index is 2.13. The number of nitrogens with zero attached hydrogens (tertiary/aromatic N) is 3. The van der Waals surface area contributed by atoms with E-state index >= 15 is 0 Å². The van der Waals surface area contributed by atoms with Crippen molar-refractivity contribution in [1.82, 2.24) is 9.97 Å². The maximum atomic E-state index is 5.87. The number of hydrogen-bond acceptors (Lipinski definition) is 3. The maximum Gasteiger partial charge on any atom is 0.151 e. The highest BCUT2D eigenvalue weighted by Gasteiger charge is 2.12. The highest BCUT2D eigenvalue weighted by molar-refractivity contribution is 6.16. The summed E-state index contributed by atoms with van der Waals surface area (Å²) in [4.78, 5) is 11.0. The first kappa shape index (κ1) is 13.8. The number of anilines is 2. The van der Waals surface area contributed by atoms with Gasteiger partial charge in [-0.3, -0.25) is 4.98 Å². The van der Waals surface area contributed by atoms with Crippen LogP contribution in [0.25, 0.3) is 10.8 Å². The second-order valence-corrected chi connectivity index (χ2v) is 5.01. The second kappa shape index (κ2) is 6.10. The fourth-order valence-electron chi connectivity index (χ4n) is 2.49. The molecule has 0 fully saturated rings. The number of benzene rings is 2. The molecule has 0 N–H and O–H groups in total. The summed E-state index contributed by atoms with van der Waals surface area (Å²) in [7, 11) is 0. The summed E-state index contributed by atoms with van der Waals surface area (Å²) < 4.78 is 0. The van der Waals surface area contributed by atoms with E-state index in [1.807, 2.05) is 0 Å². The van der Waals surface area contributed by atoms with E-state index in [4.69, 9.17) is 11.6 Å². The number of fused-ring (bicyclic) bond motifs is 1. The van der Waals surface area contributed by atoms with Gasteiger partial charge in [-0.05, 0) is 18.4 Å². The molecule has 0 aliphatic heterocycles. The number of halogens is 1. The van der Waals surface area contributed by atoms with Gasteiger partial charge in [0, 0.05) is 18.1 Å². The number of rotatable bonds is 4. The van der Waals surface area contributed by atoms with E-state index in [0.29, 0.717) is 5.88 Å². The molecule has 106 valence electrons. The topological polar surface area (TPSA) is 29.0 Å². The molecule has 3 aromatic rings. The van der Waals surface area contributed by atoms with E-state index in [2.05, 4.69) is 64.3 Å². The molecule has 0 saturated carbocycles. The van der Waals surface area contributed by atoms with Crippen molar-refractivity contribution in [2.45, 2.75) is 12.8 Å². The van der Waals surface area contributed by atoms with Crippen molar-refractivity contribution in [1.29, 1.82) is 0 Å². The highest BCUT2D eigenvalue weighted by atomic mass is 35.5. The first-order valence-electron chi connectivity index (χ1n) is 6.95. The average Bonchev–Trinajstić information content (AvgIpc) is 2.56. The van der Waals surface area contributed by atoms with Crippen molar-refractivity contribution in [3.8, 4) is 0 Å². The Hall–Kier alpha value is -2.13. The molecule has 21 heavy (non-hydrogen) atoms. The Morgan fingerprint density at radius 2 is 1.86 bits per heavy atom. The van der Waals surface area contributed by atoms with Crippen molar-refractivity contribution in [3.63, 3.8) is 0 Å². The Labute approximate surface area is 129 Å². The van der Waals surface area contributed by atoms with Crippen molar-refractivity contribution < 1.29 is 0 Å². The van der Waals surface area contributed by atoms with Crippen LogP contribution < -0.4 is 4.90 Å². The van der Waals surface area contributed by atoms with Gasteiger partial charge in [0.1, 0.15) is 0 Å². The molecule has 0 bridgehead atoms. The van der Waals surface area contributed by atoms with Crippen molar-refractivity contribution in [3.05, 3.63) is 60.6 Å². The van der Waals surface area contributed by atoms with Gasteiger partial charge in [-0.2, -0.15) is 0 Å². The van der Waals surface area contributed by atoms with Gasteiger partial charge in [0.2, 0.25) is 0 Å². The predicted molar refractivity (Wildman–Crippen MR) is 88.2 cm³/mol. The lowest BCUT2D eigenvalue weighted by molar-refractivity contribution is 0.961. The van der Waals surface area contributed by atoms with Gasteiger partial charge < -0.3 is 4.90 Å². The van der Waals surface area contributed by atoms with Crippen LogP contribution in [0, 0.1) is 0 Å². The Bertz CT molecular complexity index is 752. The zero-order chi connectivity index (χ0) is 14.7. The van der Waals surface area contributed by atoms with Crippen LogP contribution in [-0.4, -0.2) is 16.5 Å². The first-order chi connectivity index (χ1) is 10.3. The standard InChI is InChI=1S/C17H16ClN3/c1-2-21(17-12-19-11-14(10-18)20-17)16-9-5-7-13-6-3-4-8-15(13)16/h3-9,11-12H,2,10H2,1H3. The van der Waals surface area contributed by atoms with Crippen LogP contribution in [0.3, 0.4) is 0 Å². The third-order valence-electron chi connectivity index (χ3n) is 3.46. The minimum Gasteiger partial charge on any atom is -0.325 e. The van der Waals surface area contributed by atoms with E-state index in [1.54, 1.807) is 12.4 Å². The summed E-state index contributed by atoms with van der Waals surface area (Å²) in [6.07, 6.45) is 3.48. The molecule has 1 aromatic heterocycles. The molecule has 4 heteroatoms. The molecule has 3 nitrogen and oxygen atoms in total. The third kappa shape index (κ3) is 2.69. The fraction of sp³-hybridized carbons (Fsp3) is 0.176. The van der Waals surface area contributed by atoms with Gasteiger partial charge in [-0.25, -0.2) is 4.98 Å². The zero-order valence-corrected chi connectivity index (χ0v) is 12.6. The van der Waals surface area contributed by atoms with Crippen molar-refractivity contribution in [2.24, 2.45) is 0 Å². The molecule has 2 aromatic carbocycles. The van der Waals surface area contributed by atoms with E-state index in [-0.39, 0.29) is 0 Å². The molecule has 0 aliphatic carbocycles. The smallest absolute Gasteiger partial charge is 0.151 e. The van der Waals surface area contributed by atoms with Crippen LogP contribution in [0.5, 0.6) is 0 Å². The molecule has 0 spiro atoms. The summed E-state index contributed by atoms with van der Waals surface area (Å²) in [5, 5.41) is 2.43. The van der Waals surface area contributed by atoms with Gasteiger partial charge in [0.15, 0.2) is 5.82 Å². The molecule has 1 heterocycles. The third-order valence-corrected chi connectivity index (χ3v) is 3.73. The largest absolute Gasteiger partial charge is 0.325 e. The van der Waals surface area contributed by atoms with Crippen LogP contribution >= 0.6 is 11.6 Å². The minimum atomic E-state index is 0.369. The molecule has 0 unspecified atom stereocenters. The molecule has 0 amide bonds. The normalized spacial score (nSPS) is 10.8. The van der Waals surface area contributed by atoms with Crippen LogP contribution in [-0.2, 0) is 5.88 Å². The molecule has 0 saturated heterocycles. The van der Waals surface area contributed by atoms with Gasteiger partial charge in [-0.1, -0.05) is 36.4 Å². The fourth-order valence-corrected chi connectivity index (χ4v) is 2.62. The lowest BCUT2D eigenvalue weighted by atomic mass is 10.1. The van der Waals surface area contributed by atoms with Crippen LogP contribution in [0.4, 0.5) is 11.5 Å². The lowest BCUT2D eigenvalue weighted by Gasteiger charge is -2.23.